The van der Waals surface area contributed by atoms with Crippen molar-refractivity contribution in [1.82, 2.24) is 5.32 Å². The lowest BCUT2D eigenvalue weighted by atomic mass is 10.2. The van der Waals surface area contributed by atoms with Crippen LogP contribution in [0, 0.1) is 0 Å². The van der Waals surface area contributed by atoms with E-state index in [4.69, 9.17) is 23.2 Å². The Kier molecular flexibility index (Phi) is 5.06. The van der Waals surface area contributed by atoms with Crippen LogP contribution in [0.4, 0.5) is 0 Å². The molecule has 18 heavy (non-hydrogen) atoms. The van der Waals surface area contributed by atoms with Gasteiger partial charge in [-0.3, -0.25) is 0 Å². The zero-order chi connectivity index (χ0) is 14.0. The molecule has 0 saturated heterocycles. The highest BCUT2D eigenvalue weighted by atomic mass is 35.5. The van der Waals surface area contributed by atoms with E-state index in [-0.39, 0.29) is 0 Å². The maximum atomic E-state index is 11.5. The Morgan fingerprint density at radius 1 is 1.28 bits per heavy atom. The SMILES string of the molecule is CC(C)(CNCc1cc(Cl)ccc1Cl)S(C)(=O)=O. The normalized spacial score (nSPS) is 12.7. The maximum absolute atomic E-state index is 11.5. The highest BCUT2D eigenvalue weighted by molar-refractivity contribution is 7.92. The molecule has 0 aliphatic heterocycles. The third-order valence-electron chi connectivity index (χ3n) is 2.88. The van der Waals surface area contributed by atoms with E-state index in [0.29, 0.717) is 23.1 Å². The van der Waals surface area contributed by atoms with Crippen molar-refractivity contribution in [2.24, 2.45) is 0 Å². The van der Waals surface area contributed by atoms with Crippen LogP contribution in [0.25, 0.3) is 0 Å². The van der Waals surface area contributed by atoms with Gasteiger partial charge in [0.15, 0.2) is 9.84 Å². The minimum Gasteiger partial charge on any atom is -0.311 e. The number of hydrogen-bond donors (Lipinski definition) is 1. The predicted octanol–water partition coefficient (Wildman–Crippen LogP) is 2.91. The monoisotopic (exact) mass is 309 g/mol. The van der Waals surface area contributed by atoms with Crippen molar-refractivity contribution in [3.8, 4) is 0 Å². The van der Waals surface area contributed by atoms with E-state index in [9.17, 15) is 8.42 Å². The van der Waals surface area contributed by atoms with E-state index in [1.807, 2.05) is 0 Å². The molecule has 0 fully saturated rings. The summed E-state index contributed by atoms with van der Waals surface area (Å²) in [6, 6.07) is 5.21. The summed E-state index contributed by atoms with van der Waals surface area (Å²) in [5.41, 5.74) is 0.855. The molecule has 1 aromatic carbocycles. The van der Waals surface area contributed by atoms with Crippen LogP contribution in [0.15, 0.2) is 18.2 Å². The largest absolute Gasteiger partial charge is 0.311 e. The highest BCUT2D eigenvalue weighted by Crippen LogP contribution is 2.21. The van der Waals surface area contributed by atoms with Gasteiger partial charge in [-0.15, -0.1) is 0 Å². The van der Waals surface area contributed by atoms with E-state index in [1.165, 1.54) is 6.26 Å². The zero-order valence-corrected chi connectivity index (χ0v) is 13.0. The Morgan fingerprint density at radius 3 is 2.44 bits per heavy atom. The lowest BCUT2D eigenvalue weighted by Crippen LogP contribution is -2.41. The molecule has 0 bridgehead atoms. The number of nitrogens with one attached hydrogen (secondary N) is 1. The fourth-order valence-electron chi connectivity index (χ4n) is 1.31. The van der Waals surface area contributed by atoms with Gasteiger partial charge in [-0.2, -0.15) is 0 Å². The van der Waals surface area contributed by atoms with E-state index in [1.54, 1.807) is 32.0 Å². The van der Waals surface area contributed by atoms with Crippen LogP contribution in [-0.2, 0) is 16.4 Å². The summed E-state index contributed by atoms with van der Waals surface area (Å²) in [6.45, 7) is 4.22. The summed E-state index contributed by atoms with van der Waals surface area (Å²) in [5, 5.41) is 4.32. The van der Waals surface area contributed by atoms with Gasteiger partial charge in [0.2, 0.25) is 0 Å². The Balaban J connectivity index is 2.65. The summed E-state index contributed by atoms with van der Waals surface area (Å²) < 4.78 is 22.3. The van der Waals surface area contributed by atoms with Crippen LogP contribution >= 0.6 is 23.2 Å². The molecule has 0 aliphatic carbocycles. The first-order valence-corrected chi connectivity index (χ1v) is 8.12. The molecule has 0 aliphatic rings. The lowest BCUT2D eigenvalue weighted by Gasteiger charge is -2.23. The fourth-order valence-corrected chi connectivity index (χ4v) is 2.05. The molecular formula is C12H17Cl2NO2S. The summed E-state index contributed by atoms with van der Waals surface area (Å²) in [7, 11) is -3.10. The molecular weight excluding hydrogens is 293 g/mol. The van der Waals surface area contributed by atoms with Crippen LogP contribution in [0.3, 0.4) is 0 Å². The van der Waals surface area contributed by atoms with Crippen molar-refractivity contribution in [2.75, 3.05) is 12.8 Å². The Hall–Kier alpha value is -0.290. The van der Waals surface area contributed by atoms with Gasteiger partial charge in [0, 0.05) is 29.4 Å². The molecule has 0 spiro atoms. The molecule has 0 aromatic heterocycles. The number of benzene rings is 1. The quantitative estimate of drug-likeness (QED) is 0.909. The standard InChI is InChI=1S/C12H17Cl2NO2S/c1-12(2,18(3,16)17)8-15-7-9-6-10(13)4-5-11(9)14/h4-6,15H,7-8H2,1-3H3. The van der Waals surface area contributed by atoms with Crippen molar-refractivity contribution in [3.63, 3.8) is 0 Å². The average Bonchev–Trinajstić information content (AvgIpc) is 2.21. The molecule has 0 unspecified atom stereocenters. The lowest BCUT2D eigenvalue weighted by molar-refractivity contribution is 0.521. The van der Waals surface area contributed by atoms with Crippen LogP contribution in [0.2, 0.25) is 10.0 Å². The van der Waals surface area contributed by atoms with Gasteiger partial charge in [-0.05, 0) is 37.6 Å². The Bertz CT molecular complexity index is 527. The first-order chi connectivity index (χ1) is 8.13. The predicted molar refractivity (Wildman–Crippen MR) is 77.1 cm³/mol. The molecule has 0 saturated carbocycles. The van der Waals surface area contributed by atoms with E-state index in [2.05, 4.69) is 5.32 Å². The number of hydrogen-bond acceptors (Lipinski definition) is 3. The molecule has 6 heteroatoms. The van der Waals surface area contributed by atoms with Crippen LogP contribution in [0.5, 0.6) is 0 Å². The topological polar surface area (TPSA) is 46.2 Å². The van der Waals surface area contributed by atoms with Gasteiger partial charge >= 0.3 is 0 Å². The maximum Gasteiger partial charge on any atom is 0.153 e. The zero-order valence-electron chi connectivity index (χ0n) is 10.6. The second kappa shape index (κ2) is 5.78. The van der Waals surface area contributed by atoms with Crippen molar-refractivity contribution < 1.29 is 8.42 Å². The van der Waals surface area contributed by atoms with Gasteiger partial charge in [-0.1, -0.05) is 23.2 Å². The minimum absolute atomic E-state index is 0.356. The fraction of sp³-hybridized carbons (Fsp3) is 0.500. The first kappa shape index (κ1) is 15.8. The van der Waals surface area contributed by atoms with Crippen LogP contribution < -0.4 is 5.32 Å². The van der Waals surface area contributed by atoms with E-state index >= 15 is 0 Å². The smallest absolute Gasteiger partial charge is 0.153 e. The molecule has 102 valence electrons. The summed E-state index contributed by atoms with van der Waals surface area (Å²) >= 11 is 11.9. The highest BCUT2D eigenvalue weighted by Gasteiger charge is 2.29. The average molecular weight is 310 g/mol. The minimum atomic E-state index is -3.10. The Labute approximate surface area is 118 Å². The summed E-state index contributed by atoms with van der Waals surface area (Å²) in [4.78, 5) is 0. The number of sulfone groups is 1. The Morgan fingerprint density at radius 2 is 1.89 bits per heavy atom. The van der Waals surface area contributed by atoms with Crippen molar-refractivity contribution >= 4 is 33.0 Å². The third kappa shape index (κ3) is 4.12. The second-order valence-corrected chi connectivity index (χ2v) is 8.36. The van der Waals surface area contributed by atoms with Gasteiger partial charge in [-0.25, -0.2) is 8.42 Å². The number of halogens is 2. The van der Waals surface area contributed by atoms with Crippen molar-refractivity contribution in [2.45, 2.75) is 25.1 Å². The van der Waals surface area contributed by atoms with Gasteiger partial charge in [0.25, 0.3) is 0 Å². The van der Waals surface area contributed by atoms with Gasteiger partial charge < -0.3 is 5.32 Å². The molecule has 0 amide bonds. The molecule has 3 nitrogen and oxygen atoms in total. The van der Waals surface area contributed by atoms with E-state index in [0.717, 1.165) is 5.56 Å². The third-order valence-corrected chi connectivity index (χ3v) is 5.63. The summed E-state index contributed by atoms with van der Waals surface area (Å²) in [6.07, 6.45) is 1.24. The van der Waals surface area contributed by atoms with Crippen molar-refractivity contribution in [1.29, 1.82) is 0 Å². The second-order valence-electron chi connectivity index (χ2n) is 4.87. The molecule has 0 radical (unpaired) electrons. The van der Waals surface area contributed by atoms with Crippen molar-refractivity contribution in [3.05, 3.63) is 33.8 Å². The molecule has 0 heterocycles. The first-order valence-electron chi connectivity index (χ1n) is 5.48. The summed E-state index contributed by atoms with van der Waals surface area (Å²) in [5.74, 6) is 0. The molecule has 1 rings (SSSR count). The van der Waals surface area contributed by atoms with Gasteiger partial charge in [0.1, 0.15) is 0 Å². The number of rotatable bonds is 5. The molecule has 1 N–H and O–H groups in total. The van der Waals surface area contributed by atoms with E-state index < -0.39 is 14.6 Å². The molecule has 0 atom stereocenters. The molecule has 1 aromatic rings. The van der Waals surface area contributed by atoms with Crippen LogP contribution in [-0.4, -0.2) is 26.0 Å². The van der Waals surface area contributed by atoms with Gasteiger partial charge in [0.05, 0.1) is 4.75 Å². The van der Waals surface area contributed by atoms with Crippen LogP contribution in [0.1, 0.15) is 19.4 Å².